The molecule has 0 saturated heterocycles. The Bertz CT molecular complexity index is 201. The number of nitrogens with zero attached hydrogens (tertiary/aromatic N) is 1. The third-order valence-corrected chi connectivity index (χ3v) is 4.44. The Kier molecular flexibility index (Phi) is 3.68. The van der Waals surface area contributed by atoms with E-state index in [1.807, 2.05) is 0 Å². The summed E-state index contributed by atoms with van der Waals surface area (Å²) in [4.78, 5) is 2.71. The highest BCUT2D eigenvalue weighted by molar-refractivity contribution is 4.91. The molecular weight excluding hydrogens is 184 g/mol. The van der Waals surface area contributed by atoms with Crippen LogP contribution in [-0.4, -0.2) is 30.1 Å². The molecule has 2 nitrogen and oxygen atoms in total. The van der Waals surface area contributed by atoms with Crippen LogP contribution in [0.2, 0.25) is 0 Å². The molecule has 15 heavy (non-hydrogen) atoms. The van der Waals surface area contributed by atoms with Crippen molar-refractivity contribution in [2.75, 3.05) is 13.1 Å². The lowest BCUT2D eigenvalue weighted by molar-refractivity contribution is 0.105. The van der Waals surface area contributed by atoms with Gasteiger partial charge in [0, 0.05) is 25.2 Å². The number of hydrogen-bond acceptors (Lipinski definition) is 2. The van der Waals surface area contributed by atoms with Gasteiger partial charge in [-0.25, -0.2) is 0 Å². The second-order valence-corrected chi connectivity index (χ2v) is 5.68. The highest BCUT2D eigenvalue weighted by Crippen LogP contribution is 2.37. The number of hydrogen-bond donors (Lipinski definition) is 1. The lowest BCUT2D eigenvalue weighted by Gasteiger charge is -2.39. The molecule has 2 aliphatic rings. The van der Waals surface area contributed by atoms with E-state index >= 15 is 0 Å². The molecule has 88 valence electrons. The molecule has 2 rings (SSSR count). The summed E-state index contributed by atoms with van der Waals surface area (Å²) in [5, 5.41) is 0. The molecule has 0 aliphatic heterocycles. The summed E-state index contributed by atoms with van der Waals surface area (Å²) in [5.74, 6) is 1.84. The van der Waals surface area contributed by atoms with Crippen molar-refractivity contribution in [1.82, 2.24) is 4.90 Å². The van der Waals surface area contributed by atoms with Crippen LogP contribution in [0.5, 0.6) is 0 Å². The highest BCUT2D eigenvalue weighted by Gasteiger charge is 2.36. The van der Waals surface area contributed by atoms with Crippen molar-refractivity contribution in [3.05, 3.63) is 0 Å². The summed E-state index contributed by atoms with van der Waals surface area (Å²) in [6.07, 6.45) is 7.06. The summed E-state index contributed by atoms with van der Waals surface area (Å²) >= 11 is 0. The fourth-order valence-corrected chi connectivity index (χ4v) is 3.04. The minimum absolute atomic E-state index is 0.830. The van der Waals surface area contributed by atoms with E-state index in [4.69, 9.17) is 5.73 Å². The molecule has 2 fully saturated rings. The summed E-state index contributed by atoms with van der Waals surface area (Å²) in [6.45, 7) is 6.78. The van der Waals surface area contributed by atoms with E-state index in [1.54, 1.807) is 0 Å². The second kappa shape index (κ2) is 4.84. The zero-order valence-corrected chi connectivity index (χ0v) is 10.3. The predicted octanol–water partition coefficient (Wildman–Crippen LogP) is 2.23. The van der Waals surface area contributed by atoms with Crippen LogP contribution in [0.3, 0.4) is 0 Å². The fraction of sp³-hybridized carbons (Fsp3) is 1.00. The van der Waals surface area contributed by atoms with Gasteiger partial charge in [0.05, 0.1) is 0 Å². The van der Waals surface area contributed by atoms with Crippen molar-refractivity contribution < 1.29 is 0 Å². The Hall–Kier alpha value is -0.0800. The third-order valence-electron chi connectivity index (χ3n) is 4.44. The molecule has 0 aromatic rings. The molecule has 3 atom stereocenters. The van der Waals surface area contributed by atoms with E-state index in [1.165, 1.54) is 32.1 Å². The first-order valence-corrected chi connectivity index (χ1v) is 6.68. The molecule has 3 unspecified atom stereocenters. The third kappa shape index (κ3) is 2.73. The maximum absolute atomic E-state index is 5.72. The lowest BCUT2D eigenvalue weighted by Crippen LogP contribution is -2.44. The Morgan fingerprint density at radius 2 is 1.67 bits per heavy atom. The van der Waals surface area contributed by atoms with Crippen LogP contribution in [-0.2, 0) is 0 Å². The van der Waals surface area contributed by atoms with Gasteiger partial charge in [0.25, 0.3) is 0 Å². The molecule has 0 heterocycles. The van der Waals surface area contributed by atoms with Gasteiger partial charge in [-0.1, -0.05) is 13.8 Å². The molecule has 0 aromatic heterocycles. The van der Waals surface area contributed by atoms with Gasteiger partial charge in [-0.15, -0.1) is 0 Å². The van der Waals surface area contributed by atoms with Crippen LogP contribution in [0, 0.1) is 11.8 Å². The van der Waals surface area contributed by atoms with Crippen LogP contribution in [0.15, 0.2) is 0 Å². The van der Waals surface area contributed by atoms with E-state index < -0.39 is 0 Å². The molecule has 0 spiro atoms. The van der Waals surface area contributed by atoms with Crippen molar-refractivity contribution >= 4 is 0 Å². The molecule has 0 amide bonds. The SMILES string of the molecule is CC1CCC(N(CCN)C2CC2)CC1C. The van der Waals surface area contributed by atoms with Crippen LogP contribution in [0.25, 0.3) is 0 Å². The Labute approximate surface area is 94.2 Å². The van der Waals surface area contributed by atoms with E-state index in [9.17, 15) is 0 Å². The molecular formula is C13H26N2. The normalized spacial score (nSPS) is 37.2. The summed E-state index contributed by atoms with van der Waals surface area (Å²) in [6, 6.07) is 1.73. The molecule has 0 bridgehead atoms. The highest BCUT2D eigenvalue weighted by atomic mass is 15.2. The molecule has 0 aromatic carbocycles. The van der Waals surface area contributed by atoms with E-state index in [0.717, 1.165) is 37.0 Å². The van der Waals surface area contributed by atoms with Gasteiger partial charge in [0.15, 0.2) is 0 Å². The zero-order valence-electron chi connectivity index (χ0n) is 10.3. The Balaban J connectivity index is 1.90. The predicted molar refractivity (Wildman–Crippen MR) is 64.7 cm³/mol. The van der Waals surface area contributed by atoms with Crippen molar-refractivity contribution in [2.45, 2.75) is 58.0 Å². The maximum atomic E-state index is 5.72. The van der Waals surface area contributed by atoms with E-state index in [0.29, 0.717) is 0 Å². The number of nitrogens with two attached hydrogens (primary N) is 1. The molecule has 0 radical (unpaired) electrons. The first kappa shape index (κ1) is 11.4. The quantitative estimate of drug-likeness (QED) is 0.771. The van der Waals surface area contributed by atoms with Gasteiger partial charge in [0.1, 0.15) is 0 Å². The number of rotatable bonds is 4. The minimum atomic E-state index is 0.830. The van der Waals surface area contributed by atoms with Gasteiger partial charge in [-0.05, 0) is 43.9 Å². The smallest absolute Gasteiger partial charge is 0.0110 e. The second-order valence-electron chi connectivity index (χ2n) is 5.68. The summed E-state index contributed by atoms with van der Waals surface area (Å²) < 4.78 is 0. The zero-order chi connectivity index (χ0) is 10.8. The van der Waals surface area contributed by atoms with Crippen LogP contribution in [0.1, 0.15) is 46.0 Å². The largest absolute Gasteiger partial charge is 0.329 e. The van der Waals surface area contributed by atoms with Crippen molar-refractivity contribution in [1.29, 1.82) is 0 Å². The van der Waals surface area contributed by atoms with Crippen molar-refractivity contribution in [2.24, 2.45) is 17.6 Å². The molecule has 2 saturated carbocycles. The van der Waals surface area contributed by atoms with Gasteiger partial charge in [-0.2, -0.15) is 0 Å². The minimum Gasteiger partial charge on any atom is -0.329 e. The topological polar surface area (TPSA) is 29.3 Å². The average molecular weight is 210 g/mol. The van der Waals surface area contributed by atoms with Crippen molar-refractivity contribution in [3.8, 4) is 0 Å². The Morgan fingerprint density at radius 3 is 2.20 bits per heavy atom. The van der Waals surface area contributed by atoms with Crippen molar-refractivity contribution in [3.63, 3.8) is 0 Å². The van der Waals surface area contributed by atoms with Gasteiger partial charge in [-0.3, -0.25) is 4.90 Å². The van der Waals surface area contributed by atoms with Gasteiger partial charge in [0.2, 0.25) is 0 Å². The average Bonchev–Trinajstić information content (AvgIpc) is 3.02. The summed E-state index contributed by atoms with van der Waals surface area (Å²) in [5.41, 5.74) is 5.72. The van der Waals surface area contributed by atoms with Crippen LogP contribution < -0.4 is 5.73 Å². The van der Waals surface area contributed by atoms with Gasteiger partial charge >= 0.3 is 0 Å². The molecule has 2 aliphatic carbocycles. The maximum Gasteiger partial charge on any atom is 0.0110 e. The molecule has 2 N–H and O–H groups in total. The summed E-state index contributed by atoms with van der Waals surface area (Å²) in [7, 11) is 0. The lowest BCUT2D eigenvalue weighted by atomic mass is 9.78. The Morgan fingerprint density at radius 1 is 1.00 bits per heavy atom. The standard InChI is InChI=1S/C13H26N2/c1-10-3-4-13(9-11(10)2)15(8-7-14)12-5-6-12/h10-13H,3-9,14H2,1-2H3. The van der Waals surface area contributed by atoms with E-state index in [-0.39, 0.29) is 0 Å². The van der Waals surface area contributed by atoms with E-state index in [2.05, 4.69) is 18.7 Å². The monoisotopic (exact) mass is 210 g/mol. The molecule has 2 heteroatoms. The fourth-order valence-electron chi connectivity index (χ4n) is 3.04. The first-order valence-electron chi connectivity index (χ1n) is 6.68. The van der Waals surface area contributed by atoms with Gasteiger partial charge < -0.3 is 5.73 Å². The van der Waals surface area contributed by atoms with Crippen LogP contribution in [0.4, 0.5) is 0 Å². The first-order chi connectivity index (χ1) is 7.22. The van der Waals surface area contributed by atoms with Crippen LogP contribution >= 0.6 is 0 Å².